The van der Waals surface area contributed by atoms with Crippen LogP contribution in [0.2, 0.25) is 0 Å². The molecule has 0 amide bonds. The van der Waals surface area contributed by atoms with Crippen LogP contribution in [0.25, 0.3) is 0 Å². The van der Waals surface area contributed by atoms with E-state index in [0.29, 0.717) is 0 Å². The molecule has 0 saturated heterocycles. The van der Waals surface area contributed by atoms with Crippen LogP contribution in [-0.2, 0) is 16.5 Å². The number of rotatable bonds is 0. The Hall–Kier alpha value is 1.27. The normalized spacial score (nSPS) is 19.8. The molecule has 0 heterocycles. The second-order valence-corrected chi connectivity index (χ2v) is 7.83. The Balaban J connectivity index is 0.000000174. The Morgan fingerprint density at radius 3 is 0.615 bits per heavy atom. The van der Waals surface area contributed by atoms with Gasteiger partial charge in [-0.1, -0.05) is 64.2 Å². The second kappa shape index (κ2) is 13.3. The molecule has 0 aromatic carbocycles. The Morgan fingerprint density at radius 2 is 0.538 bits per heavy atom. The molecule has 2 rings (SSSR count). The van der Waals surface area contributed by atoms with E-state index in [4.69, 9.17) is 18.8 Å². The first kappa shape index (κ1) is 14.3. The molecule has 13 heavy (non-hydrogen) atoms. The van der Waals surface area contributed by atoms with Crippen LogP contribution in [0.15, 0.2) is 0 Å². The second-order valence-electron chi connectivity index (χ2n) is 3.59. The molecule has 0 bridgehead atoms. The molecule has 0 aromatic heterocycles. The molecule has 0 nitrogen and oxygen atoms in total. The maximum absolute atomic E-state index is 4.93. The van der Waals surface area contributed by atoms with Gasteiger partial charge in [0.05, 0.1) is 0 Å². The number of halogens is 2. The summed E-state index contributed by atoms with van der Waals surface area (Å²) in [6.45, 7) is 0. The van der Waals surface area contributed by atoms with Gasteiger partial charge in [0.1, 0.15) is 0 Å². The van der Waals surface area contributed by atoms with Crippen molar-refractivity contribution in [2.45, 2.75) is 64.2 Å². The van der Waals surface area contributed by atoms with E-state index in [1.807, 2.05) is 0 Å². The number of hydrogen-bond donors (Lipinski definition) is 0. The van der Waals surface area contributed by atoms with E-state index in [9.17, 15) is 0 Å². The molecule has 0 unspecified atom stereocenters. The quantitative estimate of drug-likeness (QED) is 0.524. The summed E-state index contributed by atoms with van der Waals surface area (Å²) < 4.78 is 0. The third-order valence-corrected chi connectivity index (χ3v) is 2.50. The predicted octanol–water partition coefficient (Wildman–Crippen LogP) is 5.28. The van der Waals surface area contributed by atoms with Gasteiger partial charge in [-0.3, -0.25) is 0 Å². The molecular weight excluding hydrogens is 375 g/mol. The van der Waals surface area contributed by atoms with Crippen LogP contribution in [-0.4, -0.2) is 0 Å². The van der Waals surface area contributed by atoms with Crippen LogP contribution in [0.3, 0.4) is 0 Å². The van der Waals surface area contributed by atoms with Gasteiger partial charge in [0.2, 0.25) is 0 Å². The molecule has 2 aliphatic rings. The van der Waals surface area contributed by atoms with Crippen molar-refractivity contribution in [2.24, 2.45) is 0 Å². The maximum atomic E-state index is 4.93. The zero-order valence-corrected chi connectivity index (χ0v) is 12.7. The Morgan fingerprint density at radius 1 is 0.462 bits per heavy atom. The zero-order chi connectivity index (χ0) is 9.78. The molecule has 80 valence electrons. The van der Waals surface area contributed by atoms with Crippen molar-refractivity contribution in [1.82, 2.24) is 0 Å². The molecule has 2 fully saturated rings. The van der Waals surface area contributed by atoms with Crippen LogP contribution in [0.1, 0.15) is 64.2 Å². The topological polar surface area (TPSA) is 0 Å². The Kier molecular flexibility index (Phi) is 14.6. The van der Waals surface area contributed by atoms with Crippen molar-refractivity contribution in [3.05, 3.63) is 0 Å². The Labute approximate surface area is 99.1 Å². The van der Waals surface area contributed by atoms with Gasteiger partial charge in [0.25, 0.3) is 0 Å². The number of hydrogen-bond acceptors (Lipinski definition) is 0. The summed E-state index contributed by atoms with van der Waals surface area (Å²) in [5.41, 5.74) is 0. The molecule has 0 atom stereocenters. The summed E-state index contributed by atoms with van der Waals surface area (Å²) >= 11 is -0.806. The van der Waals surface area contributed by atoms with Crippen molar-refractivity contribution in [3.8, 4) is 0 Å². The van der Waals surface area contributed by atoms with Gasteiger partial charge in [-0.2, -0.15) is 0 Å². The molecule has 0 aliphatic heterocycles. The van der Waals surface area contributed by atoms with E-state index in [1.54, 1.807) is 0 Å². The molecule has 0 aromatic rings. The summed E-state index contributed by atoms with van der Waals surface area (Å²) in [5.74, 6) is 0. The molecule has 0 spiro atoms. The van der Waals surface area contributed by atoms with E-state index in [-0.39, 0.29) is 0 Å². The molecule has 0 N–H and O–H groups in total. The van der Waals surface area contributed by atoms with Crippen molar-refractivity contribution in [2.75, 3.05) is 0 Å². The third kappa shape index (κ3) is 13.3. The standard InChI is InChI=1S/2C5H10.2ClH.W/c2*1-2-4-5-3-1;;;/h2*1-5H2;2*1H;/q;;;;+2/p-2. The van der Waals surface area contributed by atoms with Crippen LogP contribution in [0.5, 0.6) is 0 Å². The van der Waals surface area contributed by atoms with E-state index in [0.717, 1.165) is 0 Å². The first-order valence-electron chi connectivity index (χ1n) is 5.31. The van der Waals surface area contributed by atoms with Gasteiger partial charge < -0.3 is 0 Å². The Bertz CT molecular complexity index is 55.8. The summed E-state index contributed by atoms with van der Waals surface area (Å²) in [7, 11) is 9.86. The minimum atomic E-state index is -0.806. The molecule has 2 aliphatic carbocycles. The molecular formula is C10H20Cl2W. The van der Waals surface area contributed by atoms with Gasteiger partial charge >= 0.3 is 35.3 Å². The SMILES string of the molecule is C1CCCC1.C1CCCC1.[Cl][W][Cl]. The van der Waals surface area contributed by atoms with Crippen molar-refractivity contribution < 1.29 is 16.5 Å². The van der Waals surface area contributed by atoms with Crippen LogP contribution < -0.4 is 0 Å². The van der Waals surface area contributed by atoms with E-state index in [2.05, 4.69) is 0 Å². The van der Waals surface area contributed by atoms with E-state index < -0.39 is 16.5 Å². The van der Waals surface area contributed by atoms with E-state index in [1.165, 1.54) is 64.2 Å². The molecule has 3 heteroatoms. The van der Waals surface area contributed by atoms with Crippen molar-refractivity contribution >= 4 is 18.8 Å². The monoisotopic (exact) mass is 394 g/mol. The first-order valence-corrected chi connectivity index (χ1v) is 12.6. The van der Waals surface area contributed by atoms with E-state index >= 15 is 0 Å². The minimum absolute atomic E-state index is 0.806. The average Bonchev–Trinajstić information content (AvgIpc) is 2.85. The summed E-state index contributed by atoms with van der Waals surface area (Å²) in [5, 5.41) is 0. The van der Waals surface area contributed by atoms with Crippen LogP contribution >= 0.6 is 18.8 Å². The van der Waals surface area contributed by atoms with Gasteiger partial charge in [0.15, 0.2) is 0 Å². The molecule has 0 radical (unpaired) electrons. The van der Waals surface area contributed by atoms with Crippen molar-refractivity contribution in [3.63, 3.8) is 0 Å². The first-order chi connectivity index (χ1) is 6.41. The van der Waals surface area contributed by atoms with Gasteiger partial charge in [-0.05, 0) is 0 Å². The van der Waals surface area contributed by atoms with Gasteiger partial charge in [0, 0.05) is 0 Å². The molecule has 2 saturated carbocycles. The predicted molar refractivity (Wildman–Crippen MR) is 57.9 cm³/mol. The van der Waals surface area contributed by atoms with Gasteiger partial charge in [-0.25, -0.2) is 0 Å². The fraction of sp³-hybridized carbons (Fsp3) is 1.00. The average molecular weight is 395 g/mol. The summed E-state index contributed by atoms with van der Waals surface area (Å²) in [6.07, 6.45) is 15.0. The van der Waals surface area contributed by atoms with Crippen LogP contribution in [0.4, 0.5) is 0 Å². The fourth-order valence-corrected chi connectivity index (χ4v) is 1.77. The van der Waals surface area contributed by atoms with Crippen molar-refractivity contribution in [1.29, 1.82) is 0 Å². The van der Waals surface area contributed by atoms with Crippen LogP contribution in [0, 0.1) is 0 Å². The third-order valence-electron chi connectivity index (χ3n) is 2.50. The summed E-state index contributed by atoms with van der Waals surface area (Å²) in [4.78, 5) is 0. The summed E-state index contributed by atoms with van der Waals surface area (Å²) in [6, 6.07) is 0. The van der Waals surface area contributed by atoms with Gasteiger partial charge in [-0.15, -0.1) is 0 Å². The zero-order valence-electron chi connectivity index (χ0n) is 8.24. The fourth-order valence-electron chi connectivity index (χ4n) is 1.77.